The molecule has 2 N–H and O–H groups in total. The molecule has 2 rings (SSSR count). The highest BCUT2D eigenvalue weighted by Gasteiger charge is 2.22. The van der Waals surface area contributed by atoms with Gasteiger partial charge in [0, 0.05) is 6.54 Å². The van der Waals surface area contributed by atoms with Crippen LogP contribution in [0.1, 0.15) is 26.5 Å². The van der Waals surface area contributed by atoms with Gasteiger partial charge in [0.25, 0.3) is 0 Å². The molecule has 2 aromatic rings. The Balaban J connectivity index is 2.41. The lowest BCUT2D eigenvalue weighted by Gasteiger charge is -2.05. The topological polar surface area (TPSA) is 92.4 Å². The van der Waals surface area contributed by atoms with Crippen molar-refractivity contribution >= 4 is 11.9 Å². The van der Waals surface area contributed by atoms with Crippen LogP contribution in [0.2, 0.25) is 0 Å². The van der Waals surface area contributed by atoms with Gasteiger partial charge in [-0.25, -0.2) is 19.0 Å². The van der Waals surface area contributed by atoms with Crippen molar-refractivity contribution in [2.75, 3.05) is 0 Å². The Morgan fingerprint density at radius 1 is 1.26 bits per heavy atom. The first-order valence-electron chi connectivity index (χ1n) is 5.25. The molecular formula is C12H9FN2O4. The number of carboxylic acids is 2. The lowest BCUT2D eigenvalue weighted by atomic mass is 10.2. The quantitative estimate of drug-likeness (QED) is 0.872. The highest BCUT2D eigenvalue weighted by atomic mass is 19.1. The molecule has 6 nitrogen and oxygen atoms in total. The maximum absolute atomic E-state index is 13.0. The molecular weight excluding hydrogens is 255 g/mol. The summed E-state index contributed by atoms with van der Waals surface area (Å²) in [4.78, 5) is 25.5. The van der Waals surface area contributed by atoms with Gasteiger partial charge in [-0.1, -0.05) is 12.1 Å². The van der Waals surface area contributed by atoms with Crippen molar-refractivity contribution in [2.45, 2.75) is 6.54 Å². The number of hydrogen-bond acceptors (Lipinski definition) is 3. The molecule has 1 aromatic heterocycles. The zero-order valence-electron chi connectivity index (χ0n) is 9.58. The summed E-state index contributed by atoms with van der Waals surface area (Å²) in [5.74, 6) is -3.27. The van der Waals surface area contributed by atoms with Crippen molar-refractivity contribution in [3.05, 3.63) is 53.4 Å². The normalized spacial score (nSPS) is 10.4. The first-order chi connectivity index (χ1) is 8.99. The van der Waals surface area contributed by atoms with Crippen molar-refractivity contribution in [3.63, 3.8) is 0 Å². The van der Waals surface area contributed by atoms with Crippen molar-refractivity contribution in [1.29, 1.82) is 0 Å². The lowest BCUT2D eigenvalue weighted by molar-refractivity contribution is 0.0640. The Morgan fingerprint density at radius 2 is 2.00 bits per heavy atom. The predicted molar refractivity (Wildman–Crippen MR) is 61.6 cm³/mol. The second kappa shape index (κ2) is 4.89. The molecule has 0 aliphatic rings. The molecule has 0 radical (unpaired) electrons. The fourth-order valence-electron chi connectivity index (χ4n) is 1.71. The number of aromatic nitrogens is 2. The number of halogens is 1. The van der Waals surface area contributed by atoms with Gasteiger partial charge in [0.05, 0.1) is 6.33 Å². The van der Waals surface area contributed by atoms with Crippen LogP contribution in [0.3, 0.4) is 0 Å². The molecule has 0 unspecified atom stereocenters. The van der Waals surface area contributed by atoms with E-state index in [-0.39, 0.29) is 6.54 Å². The Labute approximate surface area is 106 Å². The van der Waals surface area contributed by atoms with Gasteiger partial charge in [0.1, 0.15) is 5.82 Å². The number of carboxylic acid groups (broad SMARTS) is 2. The van der Waals surface area contributed by atoms with E-state index in [0.717, 1.165) is 10.9 Å². The van der Waals surface area contributed by atoms with Crippen molar-refractivity contribution < 1.29 is 24.2 Å². The van der Waals surface area contributed by atoms with Gasteiger partial charge in [-0.2, -0.15) is 0 Å². The minimum Gasteiger partial charge on any atom is -0.476 e. The van der Waals surface area contributed by atoms with E-state index in [1.807, 2.05) is 0 Å². The summed E-state index contributed by atoms with van der Waals surface area (Å²) in [7, 11) is 0. The van der Waals surface area contributed by atoms with E-state index >= 15 is 0 Å². The van der Waals surface area contributed by atoms with Gasteiger partial charge >= 0.3 is 11.9 Å². The highest BCUT2D eigenvalue weighted by Crippen LogP contribution is 2.12. The van der Waals surface area contributed by atoms with E-state index in [2.05, 4.69) is 4.98 Å². The van der Waals surface area contributed by atoms with E-state index in [9.17, 15) is 14.0 Å². The summed E-state index contributed by atoms with van der Waals surface area (Å²) in [5.41, 5.74) is -0.461. The van der Waals surface area contributed by atoms with E-state index in [4.69, 9.17) is 10.2 Å². The number of carbonyl (C=O) groups is 2. The first kappa shape index (κ1) is 12.7. The fourth-order valence-corrected chi connectivity index (χ4v) is 1.71. The molecule has 0 aliphatic heterocycles. The maximum atomic E-state index is 13.0. The van der Waals surface area contributed by atoms with Crippen LogP contribution < -0.4 is 0 Å². The third-order valence-electron chi connectivity index (χ3n) is 2.48. The lowest BCUT2D eigenvalue weighted by Crippen LogP contribution is -2.13. The van der Waals surface area contributed by atoms with Gasteiger partial charge in [0.2, 0.25) is 0 Å². The van der Waals surface area contributed by atoms with Gasteiger partial charge in [-0.3, -0.25) is 0 Å². The van der Waals surface area contributed by atoms with Gasteiger partial charge in [0.15, 0.2) is 11.4 Å². The predicted octanol–water partition coefficient (Wildman–Crippen LogP) is 1.47. The van der Waals surface area contributed by atoms with Gasteiger partial charge < -0.3 is 14.8 Å². The first-order valence-corrected chi connectivity index (χ1v) is 5.25. The van der Waals surface area contributed by atoms with E-state index in [0.29, 0.717) is 5.56 Å². The number of benzene rings is 1. The molecule has 0 fully saturated rings. The highest BCUT2D eigenvalue weighted by molar-refractivity contribution is 5.99. The number of rotatable bonds is 4. The Kier molecular flexibility index (Phi) is 3.28. The van der Waals surface area contributed by atoms with Crippen molar-refractivity contribution in [1.82, 2.24) is 9.55 Å². The number of imidazole rings is 1. The van der Waals surface area contributed by atoms with Crippen LogP contribution in [0.25, 0.3) is 0 Å². The smallest absolute Gasteiger partial charge is 0.357 e. The third kappa shape index (κ3) is 2.59. The molecule has 0 aliphatic carbocycles. The van der Waals surface area contributed by atoms with Crippen LogP contribution >= 0.6 is 0 Å². The Morgan fingerprint density at radius 3 is 2.58 bits per heavy atom. The Hall–Kier alpha value is -2.70. The van der Waals surface area contributed by atoms with Crippen molar-refractivity contribution in [2.24, 2.45) is 0 Å². The van der Waals surface area contributed by atoms with E-state index < -0.39 is 29.1 Å². The fraction of sp³-hybridized carbons (Fsp3) is 0.0833. The van der Waals surface area contributed by atoms with Gasteiger partial charge in [-0.05, 0) is 17.7 Å². The molecule has 0 saturated carbocycles. The number of nitrogens with zero attached hydrogens (tertiary/aromatic N) is 2. The molecule has 19 heavy (non-hydrogen) atoms. The average molecular weight is 264 g/mol. The summed E-state index contributed by atoms with van der Waals surface area (Å²) in [6.45, 7) is 0.0275. The number of hydrogen-bond donors (Lipinski definition) is 2. The second-order valence-electron chi connectivity index (χ2n) is 3.81. The minimum atomic E-state index is -1.42. The maximum Gasteiger partial charge on any atom is 0.357 e. The summed E-state index contributed by atoms with van der Waals surface area (Å²) in [6, 6.07) is 5.60. The van der Waals surface area contributed by atoms with Gasteiger partial charge in [-0.15, -0.1) is 0 Å². The molecule has 0 saturated heterocycles. The van der Waals surface area contributed by atoms with Crippen molar-refractivity contribution in [3.8, 4) is 0 Å². The largest absolute Gasteiger partial charge is 0.476 e. The summed E-state index contributed by atoms with van der Waals surface area (Å²) in [6.07, 6.45) is 1.11. The van der Waals surface area contributed by atoms with Crippen LogP contribution in [0, 0.1) is 5.82 Å². The molecule has 0 amide bonds. The third-order valence-corrected chi connectivity index (χ3v) is 2.48. The molecule has 1 aromatic carbocycles. The van der Waals surface area contributed by atoms with Crippen LogP contribution in [0.15, 0.2) is 30.6 Å². The van der Waals surface area contributed by atoms with Crippen LogP contribution in [-0.2, 0) is 6.54 Å². The SMILES string of the molecule is O=C(O)c1ncn(Cc2cccc(F)c2)c1C(=O)O. The minimum absolute atomic E-state index is 0.0275. The molecule has 7 heteroatoms. The monoisotopic (exact) mass is 264 g/mol. The summed E-state index contributed by atoms with van der Waals surface area (Å²) in [5, 5.41) is 17.9. The standard InChI is InChI=1S/C12H9FN2O4/c13-8-3-1-2-7(4-8)5-15-6-14-9(11(16)17)10(15)12(18)19/h1-4,6H,5H2,(H,16,17)(H,18,19). The Bertz CT molecular complexity index is 651. The second-order valence-corrected chi connectivity index (χ2v) is 3.81. The molecule has 0 bridgehead atoms. The zero-order valence-corrected chi connectivity index (χ0v) is 9.58. The van der Waals surface area contributed by atoms with Crippen LogP contribution in [0.4, 0.5) is 4.39 Å². The average Bonchev–Trinajstić information content (AvgIpc) is 2.73. The summed E-state index contributed by atoms with van der Waals surface area (Å²) < 4.78 is 14.2. The van der Waals surface area contributed by atoms with E-state index in [1.54, 1.807) is 6.07 Å². The molecule has 0 atom stereocenters. The van der Waals surface area contributed by atoms with Crippen LogP contribution in [-0.4, -0.2) is 31.7 Å². The molecule has 0 spiro atoms. The number of aromatic carboxylic acids is 2. The van der Waals surface area contributed by atoms with Crippen LogP contribution in [0.5, 0.6) is 0 Å². The summed E-state index contributed by atoms with van der Waals surface area (Å²) >= 11 is 0. The van der Waals surface area contributed by atoms with E-state index in [1.165, 1.54) is 18.2 Å². The molecule has 98 valence electrons. The molecule has 1 heterocycles. The zero-order chi connectivity index (χ0) is 14.0.